The quantitative estimate of drug-likeness (QED) is 0.859. The van der Waals surface area contributed by atoms with Gasteiger partial charge in [-0.15, -0.1) is 0 Å². The Balaban J connectivity index is 1.73. The molecule has 1 aromatic carbocycles. The van der Waals surface area contributed by atoms with E-state index < -0.39 is 0 Å². The van der Waals surface area contributed by atoms with E-state index in [0.29, 0.717) is 37.0 Å². The summed E-state index contributed by atoms with van der Waals surface area (Å²) in [6, 6.07) is 6.80. The minimum absolute atomic E-state index is 0.00121. The molecule has 1 spiro atoms. The lowest BCUT2D eigenvalue weighted by atomic mass is 9.72. The fourth-order valence-electron chi connectivity index (χ4n) is 3.68. The Hall–Kier alpha value is -1.79. The number of amides is 3. The highest BCUT2D eigenvalue weighted by Crippen LogP contribution is 2.44. The van der Waals surface area contributed by atoms with Crippen LogP contribution in [-0.2, 0) is 9.53 Å². The van der Waals surface area contributed by atoms with Gasteiger partial charge in [0, 0.05) is 49.5 Å². The average Bonchev–Trinajstić information content (AvgIpc) is 2.96. The first-order chi connectivity index (χ1) is 11.5. The SMILES string of the molecule is CNC(=O)C1CN(C(=O)Nc2ccc(Cl)cc2)CC12CCOCC2. The third-order valence-electron chi connectivity index (χ3n) is 5.08. The number of benzene rings is 1. The molecule has 1 atom stereocenters. The summed E-state index contributed by atoms with van der Waals surface area (Å²) in [4.78, 5) is 26.7. The summed E-state index contributed by atoms with van der Waals surface area (Å²) in [5.41, 5.74) is 0.504. The molecule has 6 nitrogen and oxygen atoms in total. The van der Waals surface area contributed by atoms with E-state index in [0.717, 1.165) is 12.8 Å². The van der Waals surface area contributed by atoms with Crippen molar-refractivity contribution in [1.29, 1.82) is 0 Å². The number of hydrogen-bond acceptors (Lipinski definition) is 3. The lowest BCUT2D eigenvalue weighted by molar-refractivity contribution is -0.129. The van der Waals surface area contributed by atoms with Crippen molar-refractivity contribution in [1.82, 2.24) is 10.2 Å². The van der Waals surface area contributed by atoms with Gasteiger partial charge >= 0.3 is 6.03 Å². The summed E-state index contributed by atoms with van der Waals surface area (Å²) in [5.74, 6) is -0.193. The van der Waals surface area contributed by atoms with Crippen molar-refractivity contribution in [2.24, 2.45) is 11.3 Å². The molecule has 7 heteroatoms. The number of rotatable bonds is 2. The molecular weight excluding hydrogens is 330 g/mol. The van der Waals surface area contributed by atoms with E-state index in [-0.39, 0.29) is 23.3 Å². The van der Waals surface area contributed by atoms with Crippen LogP contribution in [0.4, 0.5) is 10.5 Å². The van der Waals surface area contributed by atoms with Crippen LogP contribution in [0.15, 0.2) is 24.3 Å². The number of anilines is 1. The highest BCUT2D eigenvalue weighted by atomic mass is 35.5. The third-order valence-corrected chi connectivity index (χ3v) is 5.33. The fraction of sp³-hybridized carbons (Fsp3) is 0.529. The smallest absolute Gasteiger partial charge is 0.321 e. The van der Waals surface area contributed by atoms with Crippen molar-refractivity contribution in [2.75, 3.05) is 38.7 Å². The zero-order chi connectivity index (χ0) is 17.2. The molecule has 3 amide bonds. The second kappa shape index (κ2) is 6.99. The Morgan fingerprint density at radius 3 is 2.54 bits per heavy atom. The Bertz CT molecular complexity index is 614. The van der Waals surface area contributed by atoms with E-state index in [1.54, 1.807) is 36.2 Å². The summed E-state index contributed by atoms with van der Waals surface area (Å²) < 4.78 is 5.46. The molecule has 2 aliphatic rings. The lowest BCUT2D eigenvalue weighted by Gasteiger charge is -2.36. The zero-order valence-corrected chi connectivity index (χ0v) is 14.4. The fourth-order valence-corrected chi connectivity index (χ4v) is 3.81. The first kappa shape index (κ1) is 17.0. The molecule has 2 fully saturated rings. The molecular formula is C17H22ClN3O3. The van der Waals surface area contributed by atoms with Crippen LogP contribution in [0.25, 0.3) is 0 Å². The molecule has 24 heavy (non-hydrogen) atoms. The van der Waals surface area contributed by atoms with E-state index in [2.05, 4.69) is 10.6 Å². The maximum atomic E-state index is 12.6. The summed E-state index contributed by atoms with van der Waals surface area (Å²) in [6.07, 6.45) is 1.60. The van der Waals surface area contributed by atoms with E-state index in [1.165, 1.54) is 0 Å². The van der Waals surface area contributed by atoms with Crippen molar-refractivity contribution < 1.29 is 14.3 Å². The topological polar surface area (TPSA) is 70.7 Å². The molecule has 3 rings (SSSR count). The first-order valence-corrected chi connectivity index (χ1v) is 8.53. The third kappa shape index (κ3) is 3.35. The summed E-state index contributed by atoms with van der Waals surface area (Å²) in [7, 11) is 1.64. The number of nitrogens with zero attached hydrogens (tertiary/aromatic N) is 1. The summed E-state index contributed by atoms with van der Waals surface area (Å²) in [6.45, 7) is 2.28. The van der Waals surface area contributed by atoms with Crippen LogP contribution in [0.1, 0.15) is 12.8 Å². The van der Waals surface area contributed by atoms with Crippen LogP contribution in [0.5, 0.6) is 0 Å². The number of carbonyl (C=O) groups excluding carboxylic acids is 2. The van der Waals surface area contributed by atoms with Crippen LogP contribution in [0.2, 0.25) is 5.02 Å². The van der Waals surface area contributed by atoms with Gasteiger partial charge < -0.3 is 20.3 Å². The molecule has 0 aromatic heterocycles. The van der Waals surface area contributed by atoms with Gasteiger partial charge in [-0.2, -0.15) is 0 Å². The van der Waals surface area contributed by atoms with E-state index in [1.807, 2.05) is 0 Å². The minimum atomic E-state index is -0.192. The number of carbonyl (C=O) groups is 2. The van der Waals surface area contributed by atoms with Crippen LogP contribution >= 0.6 is 11.6 Å². The van der Waals surface area contributed by atoms with Crippen LogP contribution in [-0.4, -0.2) is 50.2 Å². The molecule has 1 aromatic rings. The van der Waals surface area contributed by atoms with Crippen LogP contribution in [0.3, 0.4) is 0 Å². The lowest BCUT2D eigenvalue weighted by Crippen LogP contribution is -2.43. The van der Waals surface area contributed by atoms with Crippen molar-refractivity contribution in [3.8, 4) is 0 Å². The number of nitrogens with one attached hydrogen (secondary N) is 2. The van der Waals surface area contributed by atoms with Gasteiger partial charge in [-0.25, -0.2) is 4.79 Å². The number of urea groups is 1. The van der Waals surface area contributed by atoms with Crippen molar-refractivity contribution in [3.63, 3.8) is 0 Å². The molecule has 0 radical (unpaired) electrons. The monoisotopic (exact) mass is 351 g/mol. The van der Waals surface area contributed by atoms with Gasteiger partial charge in [-0.3, -0.25) is 4.79 Å². The maximum Gasteiger partial charge on any atom is 0.321 e. The molecule has 0 aliphatic carbocycles. The van der Waals surface area contributed by atoms with Gasteiger partial charge in [0.1, 0.15) is 0 Å². The molecule has 2 heterocycles. The van der Waals surface area contributed by atoms with E-state index in [4.69, 9.17) is 16.3 Å². The Labute approximate surface area is 146 Å². The van der Waals surface area contributed by atoms with Gasteiger partial charge in [0.15, 0.2) is 0 Å². The van der Waals surface area contributed by atoms with E-state index in [9.17, 15) is 9.59 Å². The Morgan fingerprint density at radius 2 is 1.92 bits per heavy atom. The maximum absolute atomic E-state index is 12.6. The Morgan fingerprint density at radius 1 is 1.25 bits per heavy atom. The molecule has 2 saturated heterocycles. The second-order valence-corrected chi connectivity index (χ2v) is 6.90. The highest BCUT2D eigenvalue weighted by Gasteiger charge is 2.51. The van der Waals surface area contributed by atoms with Gasteiger partial charge in [-0.05, 0) is 37.1 Å². The largest absolute Gasteiger partial charge is 0.381 e. The van der Waals surface area contributed by atoms with Crippen LogP contribution < -0.4 is 10.6 Å². The van der Waals surface area contributed by atoms with Gasteiger partial charge in [0.2, 0.25) is 5.91 Å². The molecule has 1 unspecified atom stereocenters. The average molecular weight is 352 g/mol. The Kier molecular flexibility index (Phi) is 4.96. The summed E-state index contributed by atoms with van der Waals surface area (Å²) in [5, 5.41) is 6.24. The summed E-state index contributed by atoms with van der Waals surface area (Å²) >= 11 is 5.86. The normalized spacial score (nSPS) is 22.4. The van der Waals surface area contributed by atoms with Crippen molar-refractivity contribution in [3.05, 3.63) is 29.3 Å². The standard InChI is InChI=1S/C17H22ClN3O3/c1-19-15(22)14-10-21(11-17(14)6-8-24-9-7-17)16(23)20-13-4-2-12(18)3-5-13/h2-5,14H,6-11H2,1H3,(H,19,22)(H,20,23). The zero-order valence-electron chi connectivity index (χ0n) is 13.7. The number of halogens is 1. The van der Waals surface area contributed by atoms with E-state index >= 15 is 0 Å². The number of likely N-dealkylation sites (tertiary alicyclic amines) is 1. The van der Waals surface area contributed by atoms with Crippen molar-refractivity contribution >= 4 is 29.2 Å². The van der Waals surface area contributed by atoms with Gasteiger partial charge in [-0.1, -0.05) is 11.6 Å². The predicted octanol–water partition coefficient (Wildman–Crippen LogP) is 2.35. The molecule has 130 valence electrons. The number of ether oxygens (including phenoxy) is 1. The highest BCUT2D eigenvalue weighted by molar-refractivity contribution is 6.30. The molecule has 2 aliphatic heterocycles. The molecule has 0 bridgehead atoms. The van der Waals surface area contributed by atoms with Gasteiger partial charge in [0.25, 0.3) is 0 Å². The van der Waals surface area contributed by atoms with Crippen LogP contribution in [0, 0.1) is 11.3 Å². The minimum Gasteiger partial charge on any atom is -0.381 e. The first-order valence-electron chi connectivity index (χ1n) is 8.15. The molecule has 2 N–H and O–H groups in total. The molecule has 0 saturated carbocycles. The van der Waals surface area contributed by atoms with Gasteiger partial charge in [0.05, 0.1) is 5.92 Å². The number of hydrogen-bond donors (Lipinski definition) is 2. The second-order valence-electron chi connectivity index (χ2n) is 6.46. The predicted molar refractivity (Wildman–Crippen MR) is 92.1 cm³/mol. The van der Waals surface area contributed by atoms with Crippen molar-refractivity contribution in [2.45, 2.75) is 12.8 Å².